The highest BCUT2D eigenvalue weighted by molar-refractivity contribution is 5.95. The van der Waals surface area contributed by atoms with Crippen LogP contribution < -0.4 is 9.47 Å². The zero-order valence-corrected chi connectivity index (χ0v) is 13.8. The molecular weight excluding hydrogens is 294 g/mol. The molecule has 0 spiro atoms. The zero-order valence-electron chi connectivity index (χ0n) is 13.8. The first-order chi connectivity index (χ1) is 10.9. The number of ether oxygens (including phenoxy) is 2. The summed E-state index contributed by atoms with van der Waals surface area (Å²) in [5.74, 6) is 1.45. The van der Waals surface area contributed by atoms with Gasteiger partial charge in [0.15, 0.2) is 0 Å². The molecule has 1 aromatic heterocycles. The molecule has 3 rings (SSSR count). The lowest BCUT2D eigenvalue weighted by Crippen LogP contribution is -2.43. The van der Waals surface area contributed by atoms with Gasteiger partial charge >= 0.3 is 0 Å². The molecular formula is C17H21N3O3. The summed E-state index contributed by atoms with van der Waals surface area (Å²) in [6.45, 7) is 6.78. The molecule has 0 radical (unpaired) electrons. The van der Waals surface area contributed by atoms with Crippen LogP contribution in [0.4, 0.5) is 0 Å². The van der Waals surface area contributed by atoms with Gasteiger partial charge in [-0.2, -0.15) is 5.10 Å². The minimum Gasteiger partial charge on any atom is -0.497 e. The molecule has 0 saturated carbocycles. The van der Waals surface area contributed by atoms with Crippen molar-refractivity contribution in [1.82, 2.24) is 15.1 Å². The molecule has 0 aliphatic carbocycles. The number of amides is 1. The smallest absolute Gasteiger partial charge is 0.257 e. The molecule has 6 nitrogen and oxygen atoms in total. The van der Waals surface area contributed by atoms with E-state index in [-0.39, 0.29) is 5.91 Å². The minimum absolute atomic E-state index is 0.0448. The van der Waals surface area contributed by atoms with E-state index in [1.165, 1.54) is 0 Å². The first-order valence-electron chi connectivity index (χ1n) is 7.55. The molecule has 0 saturated heterocycles. The maximum Gasteiger partial charge on any atom is 0.257 e. The van der Waals surface area contributed by atoms with Crippen molar-refractivity contribution < 1.29 is 14.3 Å². The summed E-state index contributed by atoms with van der Waals surface area (Å²) in [4.78, 5) is 14.6. The maximum absolute atomic E-state index is 12.8. The van der Waals surface area contributed by atoms with E-state index in [1.807, 2.05) is 39.0 Å². The third-order valence-corrected chi connectivity index (χ3v) is 3.94. The van der Waals surface area contributed by atoms with E-state index < -0.39 is 5.60 Å². The van der Waals surface area contributed by atoms with E-state index in [1.54, 1.807) is 18.2 Å². The summed E-state index contributed by atoms with van der Waals surface area (Å²) in [6, 6.07) is 5.69. The highest BCUT2D eigenvalue weighted by Gasteiger charge is 2.32. The third kappa shape index (κ3) is 3.02. The molecule has 1 aromatic carbocycles. The molecule has 2 aromatic rings. The van der Waals surface area contributed by atoms with Crippen molar-refractivity contribution in [1.29, 1.82) is 0 Å². The monoisotopic (exact) mass is 315 g/mol. The Morgan fingerprint density at radius 3 is 2.87 bits per heavy atom. The molecule has 6 heteroatoms. The van der Waals surface area contributed by atoms with E-state index in [0.717, 1.165) is 22.8 Å². The van der Waals surface area contributed by atoms with Gasteiger partial charge in [-0.25, -0.2) is 0 Å². The minimum atomic E-state index is -0.495. The summed E-state index contributed by atoms with van der Waals surface area (Å²) >= 11 is 0. The number of nitrogens with zero attached hydrogens (tertiary/aromatic N) is 2. The lowest BCUT2D eigenvalue weighted by molar-refractivity contribution is 0.0499. The standard InChI is InChI=1S/C17H21N3O3/c1-11-14(8-18-19-11)16(21)20-9-12-5-6-13(22-4)7-15(12)23-17(2,3)10-20/h5-8H,9-10H2,1-4H3,(H,18,19). The first kappa shape index (κ1) is 15.4. The van der Waals surface area contributed by atoms with Crippen LogP contribution in [0.2, 0.25) is 0 Å². The number of H-pyrrole nitrogens is 1. The van der Waals surface area contributed by atoms with Crippen LogP contribution >= 0.6 is 0 Å². The Balaban J connectivity index is 1.96. The Bertz CT molecular complexity index is 736. The fraction of sp³-hybridized carbons (Fsp3) is 0.412. The topological polar surface area (TPSA) is 67.5 Å². The number of aryl methyl sites for hydroxylation is 1. The van der Waals surface area contributed by atoms with Gasteiger partial charge in [0.05, 0.1) is 25.4 Å². The quantitative estimate of drug-likeness (QED) is 0.925. The molecule has 23 heavy (non-hydrogen) atoms. The van der Waals surface area contributed by atoms with Crippen LogP contribution in [0.3, 0.4) is 0 Å². The van der Waals surface area contributed by atoms with Crippen molar-refractivity contribution in [2.45, 2.75) is 32.9 Å². The predicted octanol–water partition coefficient (Wildman–Crippen LogP) is 2.54. The molecule has 0 bridgehead atoms. The Kier molecular flexibility index (Phi) is 3.75. The first-order valence-corrected chi connectivity index (χ1v) is 7.55. The summed E-state index contributed by atoms with van der Waals surface area (Å²) in [6.07, 6.45) is 1.57. The largest absolute Gasteiger partial charge is 0.497 e. The second-order valence-electron chi connectivity index (χ2n) is 6.41. The predicted molar refractivity (Wildman–Crippen MR) is 85.8 cm³/mol. The van der Waals surface area contributed by atoms with Crippen LogP contribution in [0.1, 0.15) is 35.5 Å². The van der Waals surface area contributed by atoms with E-state index >= 15 is 0 Å². The number of nitrogens with one attached hydrogen (secondary N) is 1. The molecule has 0 atom stereocenters. The van der Waals surface area contributed by atoms with E-state index in [4.69, 9.17) is 9.47 Å². The second kappa shape index (κ2) is 5.61. The molecule has 2 heterocycles. The highest BCUT2D eigenvalue weighted by Crippen LogP contribution is 2.33. The number of carbonyl (C=O) groups excluding carboxylic acids is 1. The SMILES string of the molecule is COc1ccc2c(c1)OC(C)(C)CN(C(=O)c1cn[nH]c1C)C2. The van der Waals surface area contributed by atoms with Crippen molar-refractivity contribution >= 4 is 5.91 Å². The molecule has 0 fully saturated rings. The second-order valence-corrected chi connectivity index (χ2v) is 6.41. The summed E-state index contributed by atoms with van der Waals surface area (Å²) in [5.41, 5.74) is 1.84. The molecule has 1 aliphatic heterocycles. The van der Waals surface area contributed by atoms with Crippen LogP contribution in [0.25, 0.3) is 0 Å². The molecule has 1 amide bonds. The Labute approximate surface area is 135 Å². The van der Waals surface area contributed by atoms with Crippen molar-refractivity contribution in [3.8, 4) is 11.5 Å². The lowest BCUT2D eigenvalue weighted by Gasteiger charge is -2.29. The van der Waals surface area contributed by atoms with Gasteiger partial charge in [0.1, 0.15) is 17.1 Å². The lowest BCUT2D eigenvalue weighted by atomic mass is 10.1. The van der Waals surface area contributed by atoms with E-state index in [9.17, 15) is 4.79 Å². The van der Waals surface area contributed by atoms with Gasteiger partial charge in [0.25, 0.3) is 5.91 Å². The van der Waals surface area contributed by atoms with Crippen molar-refractivity contribution in [3.05, 3.63) is 41.2 Å². The fourth-order valence-electron chi connectivity index (χ4n) is 2.82. The van der Waals surface area contributed by atoms with Crippen LogP contribution in [-0.4, -0.2) is 40.3 Å². The number of benzene rings is 1. The Morgan fingerprint density at radius 1 is 1.43 bits per heavy atom. The number of aromatic nitrogens is 2. The van der Waals surface area contributed by atoms with Crippen molar-refractivity contribution in [3.63, 3.8) is 0 Å². The average molecular weight is 315 g/mol. The van der Waals surface area contributed by atoms with Crippen molar-refractivity contribution in [2.75, 3.05) is 13.7 Å². The van der Waals surface area contributed by atoms with Gasteiger partial charge in [0.2, 0.25) is 0 Å². The number of fused-ring (bicyclic) bond motifs is 1. The van der Waals surface area contributed by atoms with Gasteiger partial charge < -0.3 is 14.4 Å². The van der Waals surface area contributed by atoms with Crippen molar-refractivity contribution in [2.24, 2.45) is 0 Å². The summed E-state index contributed by atoms with van der Waals surface area (Å²) in [5, 5.41) is 6.76. The van der Waals surface area contributed by atoms with E-state index in [2.05, 4.69) is 10.2 Å². The van der Waals surface area contributed by atoms with Crippen LogP contribution in [0.15, 0.2) is 24.4 Å². The number of aromatic amines is 1. The Morgan fingerprint density at radius 2 is 2.22 bits per heavy atom. The Hall–Kier alpha value is -2.50. The van der Waals surface area contributed by atoms with Gasteiger partial charge in [-0.1, -0.05) is 0 Å². The molecule has 122 valence electrons. The number of rotatable bonds is 2. The summed E-state index contributed by atoms with van der Waals surface area (Å²) in [7, 11) is 1.63. The van der Waals surface area contributed by atoms with Crippen LogP contribution in [0.5, 0.6) is 11.5 Å². The third-order valence-electron chi connectivity index (χ3n) is 3.94. The summed E-state index contributed by atoms with van der Waals surface area (Å²) < 4.78 is 11.4. The van der Waals surface area contributed by atoms with E-state index in [0.29, 0.717) is 18.7 Å². The highest BCUT2D eigenvalue weighted by atomic mass is 16.5. The maximum atomic E-state index is 12.8. The fourth-order valence-corrected chi connectivity index (χ4v) is 2.82. The number of hydrogen-bond acceptors (Lipinski definition) is 4. The van der Waals surface area contributed by atoms with Crippen LogP contribution in [-0.2, 0) is 6.54 Å². The normalized spacial score (nSPS) is 16.3. The molecule has 1 N–H and O–H groups in total. The number of methoxy groups -OCH3 is 1. The number of hydrogen-bond donors (Lipinski definition) is 1. The van der Waals surface area contributed by atoms with Gasteiger partial charge in [-0.3, -0.25) is 9.89 Å². The van der Waals surface area contributed by atoms with Gasteiger partial charge in [-0.05, 0) is 32.9 Å². The average Bonchev–Trinajstić information content (AvgIpc) is 2.86. The molecule has 1 aliphatic rings. The van der Waals surface area contributed by atoms with Crippen LogP contribution in [0, 0.1) is 6.92 Å². The van der Waals surface area contributed by atoms with Gasteiger partial charge in [-0.15, -0.1) is 0 Å². The number of carbonyl (C=O) groups is 1. The molecule has 0 unspecified atom stereocenters. The van der Waals surface area contributed by atoms with Gasteiger partial charge in [0, 0.05) is 23.9 Å². The zero-order chi connectivity index (χ0) is 16.6.